The molecular weight excluding hydrogens is 260 g/mol. The molecule has 0 aliphatic carbocycles. The summed E-state index contributed by atoms with van der Waals surface area (Å²) in [5.41, 5.74) is 3.34. The van der Waals surface area contributed by atoms with E-state index in [0.29, 0.717) is 0 Å². The quantitative estimate of drug-likeness (QED) is 0.805. The molecule has 1 fully saturated rings. The van der Waals surface area contributed by atoms with Gasteiger partial charge in [0.05, 0.1) is 26.0 Å². The summed E-state index contributed by atoms with van der Waals surface area (Å²) >= 11 is 0. The van der Waals surface area contributed by atoms with E-state index in [-0.39, 0.29) is 31.2 Å². The van der Waals surface area contributed by atoms with Gasteiger partial charge >= 0.3 is 5.97 Å². The second kappa shape index (κ2) is 6.18. The lowest BCUT2D eigenvalue weighted by Gasteiger charge is -2.31. The molecule has 106 valence electrons. The molecule has 0 saturated carbocycles. The summed E-state index contributed by atoms with van der Waals surface area (Å²) in [6, 6.07) is 9.22. The van der Waals surface area contributed by atoms with Crippen molar-refractivity contribution in [2.45, 2.75) is 12.8 Å². The third-order valence-corrected chi connectivity index (χ3v) is 3.13. The van der Waals surface area contributed by atoms with Gasteiger partial charge in [0.1, 0.15) is 0 Å². The topological polar surface area (TPSA) is 75.7 Å². The van der Waals surface area contributed by atoms with Gasteiger partial charge in [0.15, 0.2) is 0 Å². The van der Waals surface area contributed by atoms with E-state index in [2.05, 4.69) is 10.2 Å². The SMILES string of the molecule is COC(=O)C1CC(=O)NN(C(=O)Cc2ccccc2)C1. The van der Waals surface area contributed by atoms with E-state index in [1.54, 1.807) is 0 Å². The van der Waals surface area contributed by atoms with Gasteiger partial charge in [-0.05, 0) is 5.56 Å². The number of hydrazine groups is 1. The fraction of sp³-hybridized carbons (Fsp3) is 0.357. The van der Waals surface area contributed by atoms with Gasteiger partial charge in [-0.15, -0.1) is 0 Å². The lowest BCUT2D eigenvalue weighted by atomic mass is 10.0. The first kappa shape index (κ1) is 14.0. The second-order valence-corrected chi connectivity index (χ2v) is 4.63. The Hall–Kier alpha value is -2.37. The van der Waals surface area contributed by atoms with Crippen molar-refractivity contribution < 1.29 is 19.1 Å². The number of carbonyl (C=O) groups is 3. The highest BCUT2D eigenvalue weighted by molar-refractivity contribution is 5.88. The third kappa shape index (κ3) is 3.34. The number of nitrogens with one attached hydrogen (secondary N) is 1. The lowest BCUT2D eigenvalue weighted by Crippen LogP contribution is -2.55. The van der Waals surface area contributed by atoms with Crippen molar-refractivity contribution in [2.24, 2.45) is 5.92 Å². The predicted octanol–water partition coefficient (Wildman–Crippen LogP) is 0.282. The van der Waals surface area contributed by atoms with E-state index in [1.807, 2.05) is 30.3 Å². The molecule has 20 heavy (non-hydrogen) atoms. The lowest BCUT2D eigenvalue weighted by molar-refractivity contribution is -0.156. The molecule has 6 nitrogen and oxygen atoms in total. The molecule has 1 unspecified atom stereocenters. The van der Waals surface area contributed by atoms with Gasteiger partial charge in [-0.1, -0.05) is 30.3 Å². The first-order valence-electron chi connectivity index (χ1n) is 6.31. The number of esters is 1. The standard InChI is InChI=1S/C14H16N2O4/c1-20-14(19)11-8-12(17)15-16(9-11)13(18)7-10-5-3-2-4-6-10/h2-6,11H,7-9H2,1H3,(H,15,17). The van der Waals surface area contributed by atoms with Crippen molar-refractivity contribution in [1.82, 2.24) is 10.4 Å². The van der Waals surface area contributed by atoms with Crippen LogP contribution >= 0.6 is 0 Å². The Kier molecular flexibility index (Phi) is 4.34. The molecule has 1 aliphatic rings. The van der Waals surface area contributed by atoms with Crippen molar-refractivity contribution in [2.75, 3.05) is 13.7 Å². The number of hydrogen-bond donors (Lipinski definition) is 1. The molecule has 6 heteroatoms. The van der Waals surface area contributed by atoms with Gasteiger partial charge in [-0.3, -0.25) is 24.8 Å². The summed E-state index contributed by atoms with van der Waals surface area (Å²) in [5, 5.41) is 1.19. The minimum absolute atomic E-state index is 0.0434. The Morgan fingerprint density at radius 1 is 1.35 bits per heavy atom. The zero-order valence-electron chi connectivity index (χ0n) is 11.2. The minimum Gasteiger partial charge on any atom is -0.469 e. The molecule has 2 rings (SSSR count). The fourth-order valence-electron chi connectivity index (χ4n) is 2.11. The Balaban J connectivity index is 2.02. The van der Waals surface area contributed by atoms with E-state index in [1.165, 1.54) is 12.1 Å². The van der Waals surface area contributed by atoms with E-state index in [4.69, 9.17) is 0 Å². The molecule has 0 radical (unpaired) electrons. The van der Waals surface area contributed by atoms with Crippen LogP contribution in [0.25, 0.3) is 0 Å². The van der Waals surface area contributed by atoms with Crippen molar-refractivity contribution in [3.8, 4) is 0 Å². The fourth-order valence-corrected chi connectivity index (χ4v) is 2.11. The van der Waals surface area contributed by atoms with Crippen molar-refractivity contribution in [3.05, 3.63) is 35.9 Å². The summed E-state index contributed by atoms with van der Waals surface area (Å²) in [6.45, 7) is 0.143. The number of nitrogens with zero attached hydrogens (tertiary/aromatic N) is 1. The molecule has 1 aromatic rings. The van der Waals surface area contributed by atoms with E-state index >= 15 is 0 Å². The highest BCUT2D eigenvalue weighted by Crippen LogP contribution is 2.14. The maximum atomic E-state index is 12.1. The number of benzene rings is 1. The molecule has 0 bridgehead atoms. The van der Waals surface area contributed by atoms with E-state index < -0.39 is 11.9 Å². The largest absolute Gasteiger partial charge is 0.469 e. The molecule has 0 spiro atoms. The smallest absolute Gasteiger partial charge is 0.311 e. The Bertz CT molecular complexity index is 515. The molecule has 2 amide bonds. The van der Waals surface area contributed by atoms with Crippen LogP contribution in [-0.2, 0) is 25.5 Å². The highest BCUT2D eigenvalue weighted by Gasteiger charge is 2.33. The van der Waals surface area contributed by atoms with Gasteiger partial charge in [-0.2, -0.15) is 0 Å². The first-order chi connectivity index (χ1) is 9.60. The zero-order chi connectivity index (χ0) is 14.5. The Labute approximate surface area is 116 Å². The van der Waals surface area contributed by atoms with Gasteiger partial charge in [0.25, 0.3) is 0 Å². The van der Waals surface area contributed by atoms with Gasteiger partial charge in [0, 0.05) is 6.42 Å². The van der Waals surface area contributed by atoms with Crippen molar-refractivity contribution >= 4 is 17.8 Å². The Morgan fingerprint density at radius 2 is 2.05 bits per heavy atom. The second-order valence-electron chi connectivity index (χ2n) is 4.63. The molecule has 1 N–H and O–H groups in total. The molecule has 0 aromatic heterocycles. The summed E-state index contributed by atoms with van der Waals surface area (Å²) in [7, 11) is 1.27. The zero-order valence-corrected chi connectivity index (χ0v) is 11.2. The average Bonchev–Trinajstić information content (AvgIpc) is 2.46. The van der Waals surface area contributed by atoms with Crippen molar-refractivity contribution in [3.63, 3.8) is 0 Å². The maximum absolute atomic E-state index is 12.1. The van der Waals surface area contributed by atoms with Crippen LogP contribution in [0.3, 0.4) is 0 Å². The van der Waals surface area contributed by atoms with E-state index in [0.717, 1.165) is 5.56 Å². The monoisotopic (exact) mass is 276 g/mol. The third-order valence-electron chi connectivity index (χ3n) is 3.13. The van der Waals surface area contributed by atoms with Crippen LogP contribution in [0, 0.1) is 5.92 Å². The predicted molar refractivity (Wildman–Crippen MR) is 70.1 cm³/mol. The van der Waals surface area contributed by atoms with Crippen LogP contribution in [-0.4, -0.2) is 36.4 Å². The van der Waals surface area contributed by atoms with Crippen LogP contribution in [0.1, 0.15) is 12.0 Å². The van der Waals surface area contributed by atoms with Crippen molar-refractivity contribution in [1.29, 1.82) is 0 Å². The first-order valence-corrected chi connectivity index (χ1v) is 6.31. The molecule has 1 heterocycles. The number of methoxy groups -OCH3 is 1. The number of ether oxygens (including phenoxy) is 1. The molecule has 1 saturated heterocycles. The normalized spacial score (nSPS) is 18.4. The summed E-state index contributed by atoms with van der Waals surface area (Å²) in [4.78, 5) is 35.2. The maximum Gasteiger partial charge on any atom is 0.311 e. The number of carbonyl (C=O) groups excluding carboxylic acids is 3. The van der Waals surface area contributed by atoms with Gasteiger partial charge in [0.2, 0.25) is 11.8 Å². The van der Waals surface area contributed by atoms with Crippen LogP contribution in [0.5, 0.6) is 0 Å². The van der Waals surface area contributed by atoms with Crippen LogP contribution < -0.4 is 5.43 Å². The minimum atomic E-state index is -0.603. The average molecular weight is 276 g/mol. The molecule has 1 atom stereocenters. The van der Waals surface area contributed by atoms with E-state index in [9.17, 15) is 14.4 Å². The molecule has 1 aromatic carbocycles. The van der Waals surface area contributed by atoms with Gasteiger partial charge < -0.3 is 4.74 Å². The summed E-state index contributed by atoms with van der Waals surface area (Å²) < 4.78 is 4.63. The van der Waals surface area contributed by atoms with Crippen LogP contribution in [0.2, 0.25) is 0 Å². The number of hydrogen-bond acceptors (Lipinski definition) is 4. The Morgan fingerprint density at radius 3 is 2.70 bits per heavy atom. The molecular formula is C14H16N2O4. The number of amides is 2. The summed E-state index contributed by atoms with van der Waals surface area (Å²) in [6.07, 6.45) is 0.219. The van der Waals surface area contributed by atoms with Crippen LogP contribution in [0.15, 0.2) is 30.3 Å². The van der Waals surface area contributed by atoms with Crippen LogP contribution in [0.4, 0.5) is 0 Å². The highest BCUT2D eigenvalue weighted by atomic mass is 16.5. The number of rotatable bonds is 3. The molecule has 1 aliphatic heterocycles. The van der Waals surface area contributed by atoms with Gasteiger partial charge in [-0.25, -0.2) is 0 Å². The summed E-state index contributed by atoms with van der Waals surface area (Å²) in [5.74, 6) is -1.68.